The minimum absolute atomic E-state index is 0.0937. The largest absolute Gasteiger partial charge is 0.468 e. The SMILES string of the molecule is COC(=O)C1Cc2ccccc2CN1S(=O)(=O)c1ccc(Oc2ccccc2)cc1. The maximum atomic E-state index is 13.4. The summed E-state index contributed by atoms with van der Waals surface area (Å²) >= 11 is 0. The Hall–Kier alpha value is -3.16. The number of nitrogens with zero attached hydrogens (tertiary/aromatic N) is 1. The molecular weight excluding hydrogens is 402 g/mol. The zero-order valence-electron chi connectivity index (χ0n) is 16.4. The number of sulfonamides is 1. The molecule has 1 heterocycles. The maximum Gasteiger partial charge on any atom is 0.324 e. The van der Waals surface area contributed by atoms with Gasteiger partial charge >= 0.3 is 5.97 Å². The van der Waals surface area contributed by atoms with E-state index in [9.17, 15) is 13.2 Å². The van der Waals surface area contributed by atoms with Crippen molar-refractivity contribution >= 4 is 16.0 Å². The Labute approximate surface area is 175 Å². The van der Waals surface area contributed by atoms with Gasteiger partial charge in [0.25, 0.3) is 0 Å². The molecular formula is C23H21NO5S. The molecule has 1 aliphatic heterocycles. The fourth-order valence-electron chi connectivity index (χ4n) is 3.53. The van der Waals surface area contributed by atoms with E-state index in [1.54, 1.807) is 12.1 Å². The third kappa shape index (κ3) is 3.94. The molecule has 154 valence electrons. The van der Waals surface area contributed by atoms with Crippen LogP contribution in [0.1, 0.15) is 11.1 Å². The van der Waals surface area contributed by atoms with Crippen LogP contribution in [0.2, 0.25) is 0 Å². The number of benzene rings is 3. The Morgan fingerprint density at radius 1 is 0.867 bits per heavy atom. The highest BCUT2D eigenvalue weighted by Gasteiger charge is 2.40. The normalized spacial score (nSPS) is 16.5. The number of ether oxygens (including phenoxy) is 2. The van der Waals surface area contributed by atoms with E-state index >= 15 is 0 Å². The van der Waals surface area contributed by atoms with Crippen LogP contribution < -0.4 is 4.74 Å². The molecule has 6 nitrogen and oxygen atoms in total. The van der Waals surface area contributed by atoms with Gasteiger partial charge in [0, 0.05) is 13.0 Å². The van der Waals surface area contributed by atoms with E-state index < -0.39 is 22.0 Å². The molecule has 0 spiro atoms. The van der Waals surface area contributed by atoms with Crippen LogP contribution in [0.3, 0.4) is 0 Å². The Bertz CT molecular complexity index is 1140. The topological polar surface area (TPSA) is 72.9 Å². The molecule has 3 aromatic rings. The summed E-state index contributed by atoms with van der Waals surface area (Å²) in [6.07, 6.45) is 0.275. The monoisotopic (exact) mass is 423 g/mol. The average Bonchev–Trinajstić information content (AvgIpc) is 2.78. The van der Waals surface area contributed by atoms with Crippen LogP contribution in [0.4, 0.5) is 0 Å². The van der Waals surface area contributed by atoms with Gasteiger partial charge in [0.1, 0.15) is 17.5 Å². The summed E-state index contributed by atoms with van der Waals surface area (Å²) in [4.78, 5) is 12.5. The number of carbonyl (C=O) groups excluding carboxylic acids is 1. The third-order valence-electron chi connectivity index (χ3n) is 5.09. The second kappa shape index (κ2) is 8.30. The fourth-order valence-corrected chi connectivity index (χ4v) is 5.08. The number of hydrogen-bond acceptors (Lipinski definition) is 5. The van der Waals surface area contributed by atoms with Gasteiger partial charge in [-0.25, -0.2) is 8.42 Å². The van der Waals surface area contributed by atoms with E-state index in [0.717, 1.165) is 11.1 Å². The first-order valence-electron chi connectivity index (χ1n) is 9.48. The summed E-state index contributed by atoms with van der Waals surface area (Å²) in [6, 6.07) is 22.0. The molecule has 0 aromatic heterocycles. The van der Waals surface area contributed by atoms with Crippen molar-refractivity contribution in [2.45, 2.75) is 23.9 Å². The van der Waals surface area contributed by atoms with Crippen molar-refractivity contribution in [1.29, 1.82) is 0 Å². The lowest BCUT2D eigenvalue weighted by atomic mass is 9.96. The Balaban J connectivity index is 1.63. The van der Waals surface area contributed by atoms with Crippen molar-refractivity contribution in [3.8, 4) is 11.5 Å². The van der Waals surface area contributed by atoms with Crippen LogP contribution >= 0.6 is 0 Å². The van der Waals surface area contributed by atoms with Gasteiger partial charge in [0.2, 0.25) is 10.0 Å². The van der Waals surface area contributed by atoms with Crippen LogP contribution in [-0.2, 0) is 32.5 Å². The number of carbonyl (C=O) groups is 1. The van der Waals surface area contributed by atoms with E-state index in [0.29, 0.717) is 11.5 Å². The summed E-state index contributed by atoms with van der Waals surface area (Å²) in [7, 11) is -2.65. The van der Waals surface area contributed by atoms with Crippen LogP contribution in [0, 0.1) is 0 Å². The molecule has 0 radical (unpaired) electrons. The molecule has 0 aliphatic carbocycles. The first kappa shape index (κ1) is 20.1. The van der Waals surface area contributed by atoms with Gasteiger partial charge in [-0.2, -0.15) is 4.31 Å². The van der Waals surface area contributed by atoms with Crippen LogP contribution in [0.5, 0.6) is 11.5 Å². The van der Waals surface area contributed by atoms with Crippen molar-refractivity contribution < 1.29 is 22.7 Å². The highest BCUT2D eigenvalue weighted by Crippen LogP contribution is 2.31. The zero-order chi connectivity index (χ0) is 21.1. The number of fused-ring (bicyclic) bond motifs is 1. The van der Waals surface area contributed by atoms with Gasteiger partial charge in [-0.05, 0) is 47.5 Å². The molecule has 0 fully saturated rings. The molecule has 7 heteroatoms. The Morgan fingerprint density at radius 3 is 2.13 bits per heavy atom. The molecule has 0 saturated carbocycles. The Kier molecular flexibility index (Phi) is 5.57. The Morgan fingerprint density at radius 2 is 1.47 bits per heavy atom. The molecule has 0 saturated heterocycles. The molecule has 1 unspecified atom stereocenters. The first-order valence-corrected chi connectivity index (χ1v) is 10.9. The number of hydrogen-bond donors (Lipinski definition) is 0. The van der Waals surface area contributed by atoms with Gasteiger partial charge in [-0.1, -0.05) is 42.5 Å². The van der Waals surface area contributed by atoms with Crippen molar-refractivity contribution in [2.75, 3.05) is 7.11 Å². The second-order valence-corrected chi connectivity index (χ2v) is 8.84. The van der Waals surface area contributed by atoms with Crippen molar-refractivity contribution in [1.82, 2.24) is 4.31 Å². The maximum absolute atomic E-state index is 13.4. The fraction of sp³-hybridized carbons (Fsp3) is 0.174. The van der Waals surface area contributed by atoms with Crippen molar-refractivity contribution in [3.63, 3.8) is 0 Å². The number of para-hydroxylation sites is 1. The molecule has 4 rings (SSSR count). The molecule has 0 N–H and O–H groups in total. The zero-order valence-corrected chi connectivity index (χ0v) is 17.2. The van der Waals surface area contributed by atoms with Gasteiger partial charge in [-0.3, -0.25) is 4.79 Å². The molecule has 1 aliphatic rings. The third-order valence-corrected chi connectivity index (χ3v) is 6.96. The van der Waals surface area contributed by atoms with E-state index in [4.69, 9.17) is 9.47 Å². The minimum Gasteiger partial charge on any atom is -0.468 e. The number of esters is 1. The van der Waals surface area contributed by atoms with E-state index in [1.165, 1.54) is 23.5 Å². The predicted molar refractivity (Wildman–Crippen MR) is 112 cm³/mol. The predicted octanol–water partition coefficient (Wildman–Crippen LogP) is 3.77. The molecule has 1 atom stereocenters. The van der Waals surface area contributed by atoms with Gasteiger partial charge in [0.15, 0.2) is 0 Å². The van der Waals surface area contributed by atoms with E-state index in [2.05, 4.69) is 0 Å². The molecule has 30 heavy (non-hydrogen) atoms. The number of methoxy groups -OCH3 is 1. The smallest absolute Gasteiger partial charge is 0.324 e. The highest BCUT2D eigenvalue weighted by molar-refractivity contribution is 7.89. The first-order chi connectivity index (χ1) is 14.5. The lowest BCUT2D eigenvalue weighted by Crippen LogP contribution is -2.48. The standard InChI is InChI=1S/C23H21NO5S/c1-28-23(25)22-15-17-7-5-6-8-18(17)16-24(22)30(26,27)21-13-11-20(12-14-21)29-19-9-3-2-4-10-19/h2-14,22H,15-16H2,1H3. The van der Waals surface area contributed by atoms with Gasteiger partial charge < -0.3 is 9.47 Å². The van der Waals surface area contributed by atoms with Crippen molar-refractivity contribution in [3.05, 3.63) is 90.0 Å². The van der Waals surface area contributed by atoms with Crippen LogP contribution in [0.15, 0.2) is 83.8 Å². The molecule has 0 bridgehead atoms. The highest BCUT2D eigenvalue weighted by atomic mass is 32.2. The second-order valence-electron chi connectivity index (χ2n) is 6.95. The van der Waals surface area contributed by atoms with Crippen LogP contribution in [-0.4, -0.2) is 31.8 Å². The summed E-state index contributed by atoms with van der Waals surface area (Å²) in [5, 5.41) is 0. The summed E-state index contributed by atoms with van der Waals surface area (Å²) < 4.78 is 38.6. The number of rotatable bonds is 5. The molecule has 0 amide bonds. The lowest BCUT2D eigenvalue weighted by Gasteiger charge is -2.34. The summed E-state index contributed by atoms with van der Waals surface area (Å²) in [6.45, 7) is 0.112. The van der Waals surface area contributed by atoms with E-state index in [1.807, 2.05) is 54.6 Å². The van der Waals surface area contributed by atoms with Crippen LogP contribution in [0.25, 0.3) is 0 Å². The summed E-state index contributed by atoms with van der Waals surface area (Å²) in [5.74, 6) is 0.609. The lowest BCUT2D eigenvalue weighted by molar-refractivity contribution is -0.145. The molecule has 3 aromatic carbocycles. The minimum atomic E-state index is -3.92. The van der Waals surface area contributed by atoms with E-state index in [-0.39, 0.29) is 17.9 Å². The van der Waals surface area contributed by atoms with Gasteiger partial charge in [-0.15, -0.1) is 0 Å². The summed E-state index contributed by atoms with van der Waals surface area (Å²) in [5.41, 5.74) is 1.83. The quantitative estimate of drug-likeness (QED) is 0.584. The van der Waals surface area contributed by atoms with Crippen molar-refractivity contribution in [2.24, 2.45) is 0 Å². The van der Waals surface area contributed by atoms with Gasteiger partial charge in [0.05, 0.1) is 12.0 Å². The average molecular weight is 423 g/mol.